The van der Waals surface area contributed by atoms with Gasteiger partial charge in [0.25, 0.3) is 5.69 Å². The Labute approximate surface area is 95.2 Å². The van der Waals surface area contributed by atoms with Gasteiger partial charge in [0, 0.05) is 18.1 Å². The lowest BCUT2D eigenvalue weighted by atomic mass is 10.1. The van der Waals surface area contributed by atoms with Gasteiger partial charge in [0.15, 0.2) is 0 Å². The molecule has 0 aliphatic carbocycles. The molecule has 0 heterocycles. The van der Waals surface area contributed by atoms with Gasteiger partial charge in [0.1, 0.15) is 0 Å². The maximum atomic E-state index is 10.6. The third-order valence-corrected chi connectivity index (χ3v) is 2.24. The summed E-state index contributed by atoms with van der Waals surface area (Å²) < 4.78 is 0. The van der Waals surface area contributed by atoms with Gasteiger partial charge < -0.3 is 10.2 Å². The van der Waals surface area contributed by atoms with E-state index < -0.39 is 22.4 Å². The summed E-state index contributed by atoms with van der Waals surface area (Å²) in [4.78, 5) is 20.5. The molecule has 16 heavy (non-hydrogen) atoms. The average Bonchev–Trinajstić information content (AvgIpc) is 2.17. The van der Waals surface area contributed by atoms with Crippen LogP contribution in [-0.2, 0) is 11.2 Å². The molecule has 1 rings (SSSR count). The van der Waals surface area contributed by atoms with E-state index >= 15 is 0 Å². The van der Waals surface area contributed by atoms with Crippen molar-refractivity contribution in [3.8, 4) is 0 Å². The zero-order valence-corrected chi connectivity index (χ0v) is 8.72. The molecule has 0 radical (unpaired) electrons. The fraction of sp³-hybridized carbons (Fsp3) is 0.222. The second-order valence-corrected chi connectivity index (χ2v) is 3.75. The van der Waals surface area contributed by atoms with E-state index in [2.05, 4.69) is 0 Å². The molecule has 1 aromatic carbocycles. The summed E-state index contributed by atoms with van der Waals surface area (Å²) in [5, 5.41) is 26.0. The quantitative estimate of drug-likeness (QED) is 0.471. The van der Waals surface area contributed by atoms with Gasteiger partial charge in [0.05, 0.1) is 4.92 Å². The number of carbonyl (C=O) groups is 1. The summed E-state index contributed by atoms with van der Waals surface area (Å²) >= 11 is 5.32. The molecule has 0 saturated heterocycles. The maximum absolute atomic E-state index is 10.6. The van der Waals surface area contributed by atoms with Crippen molar-refractivity contribution in [2.45, 2.75) is 11.5 Å². The predicted molar refractivity (Wildman–Crippen MR) is 55.2 cm³/mol. The van der Waals surface area contributed by atoms with Crippen LogP contribution in [0.4, 0.5) is 5.69 Å². The normalized spacial score (nSPS) is 14.1. The number of aliphatic carboxylic acids is 1. The Kier molecular flexibility index (Phi) is 3.46. The monoisotopic (exact) mass is 245 g/mol. The second kappa shape index (κ2) is 4.46. The Balaban J connectivity index is 3.06. The van der Waals surface area contributed by atoms with Crippen molar-refractivity contribution in [1.29, 1.82) is 0 Å². The highest BCUT2D eigenvalue weighted by Gasteiger charge is 2.35. The number of aliphatic hydroxyl groups is 1. The van der Waals surface area contributed by atoms with E-state index in [0.717, 1.165) is 0 Å². The van der Waals surface area contributed by atoms with Crippen LogP contribution in [0.2, 0.25) is 0 Å². The summed E-state index contributed by atoms with van der Waals surface area (Å²) in [5.41, 5.74) is -0.213. The second-order valence-electron chi connectivity index (χ2n) is 3.13. The molecule has 0 aliphatic heterocycles. The Morgan fingerprint density at radius 1 is 1.50 bits per heavy atom. The molecule has 0 fully saturated rings. The summed E-state index contributed by atoms with van der Waals surface area (Å²) in [6.07, 6.45) is -0.541. The van der Waals surface area contributed by atoms with E-state index in [1.807, 2.05) is 0 Å². The van der Waals surface area contributed by atoms with Crippen molar-refractivity contribution in [3.05, 3.63) is 39.9 Å². The third kappa shape index (κ3) is 2.68. The smallest absolute Gasteiger partial charge is 0.352 e. The minimum atomic E-state index is -2.54. The molecule has 6 nitrogen and oxygen atoms in total. The molecule has 1 aromatic rings. The molecule has 0 aromatic heterocycles. The van der Waals surface area contributed by atoms with Crippen LogP contribution in [0.1, 0.15) is 5.56 Å². The highest BCUT2D eigenvalue weighted by molar-refractivity contribution is 6.32. The fourth-order valence-corrected chi connectivity index (χ4v) is 1.31. The Hall–Kier alpha value is -1.66. The van der Waals surface area contributed by atoms with Crippen molar-refractivity contribution in [1.82, 2.24) is 0 Å². The molecule has 0 saturated carbocycles. The minimum Gasteiger partial charge on any atom is -0.478 e. The fourth-order valence-electron chi connectivity index (χ4n) is 1.17. The first kappa shape index (κ1) is 12.4. The molecule has 2 N–H and O–H groups in total. The summed E-state index contributed by atoms with van der Waals surface area (Å²) in [6.45, 7) is 0. The Morgan fingerprint density at radius 2 is 2.06 bits per heavy atom. The van der Waals surface area contributed by atoms with E-state index in [0.29, 0.717) is 0 Å². The molecule has 1 atom stereocenters. The first-order valence-electron chi connectivity index (χ1n) is 4.21. The lowest BCUT2D eigenvalue weighted by Crippen LogP contribution is -2.34. The molecule has 86 valence electrons. The van der Waals surface area contributed by atoms with Crippen LogP contribution in [0.3, 0.4) is 0 Å². The number of rotatable bonds is 4. The van der Waals surface area contributed by atoms with Gasteiger partial charge in [-0.05, 0) is 0 Å². The van der Waals surface area contributed by atoms with Crippen LogP contribution in [0, 0.1) is 10.1 Å². The van der Waals surface area contributed by atoms with E-state index in [9.17, 15) is 20.0 Å². The number of hydrogen-bond donors (Lipinski definition) is 2. The van der Waals surface area contributed by atoms with Crippen molar-refractivity contribution in [3.63, 3.8) is 0 Å². The molecular formula is C9H8ClNO5. The molecule has 0 amide bonds. The molecule has 7 heteroatoms. The molecule has 0 aliphatic rings. The van der Waals surface area contributed by atoms with Gasteiger partial charge in [-0.1, -0.05) is 29.8 Å². The van der Waals surface area contributed by atoms with E-state index in [1.165, 1.54) is 24.3 Å². The van der Waals surface area contributed by atoms with Crippen LogP contribution in [-0.4, -0.2) is 26.2 Å². The van der Waals surface area contributed by atoms with Crippen molar-refractivity contribution >= 4 is 23.3 Å². The van der Waals surface area contributed by atoms with E-state index in [1.54, 1.807) is 0 Å². The largest absolute Gasteiger partial charge is 0.478 e. The number of carboxylic acids is 1. The highest BCUT2D eigenvalue weighted by Crippen LogP contribution is 2.25. The zero-order chi connectivity index (χ0) is 12.3. The van der Waals surface area contributed by atoms with E-state index in [-0.39, 0.29) is 11.3 Å². The topological polar surface area (TPSA) is 101 Å². The molecular weight excluding hydrogens is 238 g/mol. The zero-order valence-electron chi connectivity index (χ0n) is 7.96. The van der Waals surface area contributed by atoms with Gasteiger partial charge in [-0.25, -0.2) is 4.79 Å². The van der Waals surface area contributed by atoms with Crippen molar-refractivity contribution < 1.29 is 19.9 Å². The van der Waals surface area contributed by atoms with Crippen LogP contribution in [0.5, 0.6) is 0 Å². The van der Waals surface area contributed by atoms with Gasteiger partial charge in [0.2, 0.25) is 5.06 Å². The number of nitrogens with zero attached hydrogens (tertiary/aromatic N) is 1. The van der Waals surface area contributed by atoms with Gasteiger partial charge >= 0.3 is 5.97 Å². The predicted octanol–water partition coefficient (Wildman–Crippen LogP) is 1.15. The van der Waals surface area contributed by atoms with Crippen LogP contribution < -0.4 is 0 Å². The van der Waals surface area contributed by atoms with Crippen LogP contribution in [0.25, 0.3) is 0 Å². The summed E-state index contributed by atoms with van der Waals surface area (Å²) in [7, 11) is 0. The first-order valence-corrected chi connectivity index (χ1v) is 4.59. The summed E-state index contributed by atoms with van der Waals surface area (Å²) in [5.74, 6) is -1.65. The lowest BCUT2D eigenvalue weighted by Gasteiger charge is -2.14. The number of benzene rings is 1. The Bertz CT molecular complexity index is 432. The third-order valence-electron chi connectivity index (χ3n) is 1.94. The number of carboxylic acid groups (broad SMARTS) is 1. The van der Waals surface area contributed by atoms with Gasteiger partial charge in [-0.2, -0.15) is 0 Å². The van der Waals surface area contributed by atoms with Crippen LogP contribution in [0.15, 0.2) is 24.3 Å². The van der Waals surface area contributed by atoms with Gasteiger partial charge in [-0.3, -0.25) is 10.1 Å². The number of nitro benzene ring substituents is 1. The minimum absolute atomic E-state index is 0.0624. The van der Waals surface area contributed by atoms with Crippen molar-refractivity contribution in [2.75, 3.05) is 0 Å². The SMILES string of the molecule is O=C(O)C(O)(Cl)Cc1ccccc1[N+](=O)[O-]. The number of halogens is 1. The maximum Gasteiger partial charge on any atom is 0.352 e. The molecule has 0 spiro atoms. The average molecular weight is 246 g/mol. The molecule has 1 unspecified atom stereocenters. The Morgan fingerprint density at radius 3 is 2.56 bits per heavy atom. The highest BCUT2D eigenvalue weighted by atomic mass is 35.5. The van der Waals surface area contributed by atoms with Gasteiger partial charge in [-0.15, -0.1) is 0 Å². The summed E-state index contributed by atoms with van der Waals surface area (Å²) in [6, 6.07) is 5.49. The number of nitro groups is 1. The van der Waals surface area contributed by atoms with E-state index in [4.69, 9.17) is 16.7 Å². The molecule has 0 bridgehead atoms. The van der Waals surface area contributed by atoms with Crippen LogP contribution >= 0.6 is 11.6 Å². The lowest BCUT2D eigenvalue weighted by molar-refractivity contribution is -0.385. The standard InChI is InChI=1S/C9H8ClNO5/c10-9(14,8(12)13)5-6-3-1-2-4-7(6)11(15)16/h1-4,14H,5H2,(H,12,13). The number of para-hydroxylation sites is 1. The van der Waals surface area contributed by atoms with Crippen molar-refractivity contribution in [2.24, 2.45) is 0 Å². The first-order chi connectivity index (χ1) is 7.34. The number of alkyl halides is 1. The number of hydrogen-bond acceptors (Lipinski definition) is 4.